The summed E-state index contributed by atoms with van der Waals surface area (Å²) < 4.78 is 28.7. The van der Waals surface area contributed by atoms with Crippen LogP contribution in [-0.4, -0.2) is 50.1 Å². The van der Waals surface area contributed by atoms with Crippen LogP contribution in [0, 0.1) is 12.9 Å². The van der Waals surface area contributed by atoms with Crippen LogP contribution < -0.4 is 4.74 Å². The van der Waals surface area contributed by atoms with Crippen molar-refractivity contribution in [3.8, 4) is 5.75 Å². The van der Waals surface area contributed by atoms with Crippen molar-refractivity contribution in [1.82, 2.24) is 24.9 Å². The molecule has 218 valence electrons. The molecule has 0 amide bonds. The van der Waals surface area contributed by atoms with Gasteiger partial charge in [0.2, 0.25) is 5.95 Å². The molecule has 0 saturated carbocycles. The summed E-state index contributed by atoms with van der Waals surface area (Å²) in [7, 11) is 1.88. The maximum atomic E-state index is 14.1. The van der Waals surface area contributed by atoms with Gasteiger partial charge >= 0.3 is 5.97 Å². The van der Waals surface area contributed by atoms with Gasteiger partial charge in [0.05, 0.1) is 24.2 Å². The van der Waals surface area contributed by atoms with E-state index >= 15 is 0 Å². The van der Waals surface area contributed by atoms with Crippen molar-refractivity contribution in [1.29, 1.82) is 0 Å². The van der Waals surface area contributed by atoms with Crippen molar-refractivity contribution >= 4 is 38.4 Å². The second-order valence-electron chi connectivity index (χ2n) is 10.8. The lowest BCUT2D eigenvalue weighted by atomic mass is 9.84. The molecule has 6 rings (SSSR count). The van der Waals surface area contributed by atoms with Crippen molar-refractivity contribution in [2.75, 3.05) is 13.2 Å². The van der Waals surface area contributed by atoms with Crippen LogP contribution in [0.4, 0.5) is 4.39 Å². The first-order chi connectivity index (χ1) is 20.3. The first kappa shape index (κ1) is 28.2. The first-order valence-corrected chi connectivity index (χ1v) is 15.2. The minimum absolute atomic E-state index is 0.0292. The summed E-state index contributed by atoms with van der Waals surface area (Å²) in [6, 6.07) is 13.7. The molecule has 0 bridgehead atoms. The van der Waals surface area contributed by atoms with Gasteiger partial charge in [-0.1, -0.05) is 24.3 Å². The van der Waals surface area contributed by atoms with Crippen LogP contribution in [0.3, 0.4) is 0 Å². The number of ether oxygens (including phenoxy) is 2. The van der Waals surface area contributed by atoms with E-state index < -0.39 is 5.95 Å². The quantitative estimate of drug-likeness (QED) is 0.156. The molecule has 1 unspecified atom stereocenters. The van der Waals surface area contributed by atoms with Gasteiger partial charge in [0.25, 0.3) is 0 Å². The van der Waals surface area contributed by atoms with E-state index in [1.54, 1.807) is 22.1 Å². The summed E-state index contributed by atoms with van der Waals surface area (Å²) in [4.78, 5) is 19.4. The maximum absolute atomic E-state index is 14.1. The topological polar surface area (TPSA) is 82.4 Å². The number of esters is 1. The summed E-state index contributed by atoms with van der Waals surface area (Å²) in [6.07, 6.45) is 1.01. The molecule has 0 aliphatic carbocycles. The number of hydrogen-bond acceptors (Lipinski definition) is 8. The Morgan fingerprint density at radius 1 is 1.21 bits per heavy atom. The smallest absolute Gasteiger partial charge is 0.306 e. The van der Waals surface area contributed by atoms with Gasteiger partial charge in [-0.3, -0.25) is 9.69 Å². The number of carbonyl (C=O) groups is 1. The fraction of sp³-hybridized carbons (Fsp3) is 0.375. The van der Waals surface area contributed by atoms with Crippen LogP contribution in [-0.2, 0) is 29.7 Å². The highest BCUT2D eigenvalue weighted by Gasteiger charge is 2.27. The molecule has 1 aliphatic rings. The summed E-state index contributed by atoms with van der Waals surface area (Å²) in [5.74, 6) is -0.337. The molecule has 0 saturated heterocycles. The zero-order valence-corrected chi connectivity index (χ0v) is 25.1. The number of halogens is 1. The second-order valence-corrected chi connectivity index (χ2v) is 11.8. The number of rotatable bonds is 8. The average Bonchev–Trinajstić information content (AvgIpc) is 3.56. The van der Waals surface area contributed by atoms with Crippen molar-refractivity contribution in [2.45, 2.75) is 58.7 Å². The van der Waals surface area contributed by atoms with Gasteiger partial charge < -0.3 is 9.47 Å². The molecule has 0 N–H and O–H groups in total. The third-order valence-electron chi connectivity index (χ3n) is 8.06. The highest BCUT2D eigenvalue weighted by Crippen LogP contribution is 2.38. The molecular weight excluding hydrogens is 553 g/mol. The minimum atomic E-state index is -0.507. The van der Waals surface area contributed by atoms with Crippen molar-refractivity contribution in [2.24, 2.45) is 7.05 Å². The van der Waals surface area contributed by atoms with E-state index in [9.17, 15) is 9.18 Å². The molecule has 1 aliphatic heterocycles. The van der Waals surface area contributed by atoms with Crippen LogP contribution >= 0.6 is 11.3 Å². The number of thiophene rings is 1. The molecule has 0 fully saturated rings. The van der Waals surface area contributed by atoms with Crippen LogP contribution in [0.5, 0.6) is 5.75 Å². The predicted molar refractivity (Wildman–Crippen MR) is 161 cm³/mol. The molecule has 0 spiro atoms. The van der Waals surface area contributed by atoms with Crippen molar-refractivity contribution in [3.05, 3.63) is 81.7 Å². The fourth-order valence-corrected chi connectivity index (χ4v) is 6.85. The molecule has 2 aromatic carbocycles. The van der Waals surface area contributed by atoms with Crippen LogP contribution in [0.25, 0.3) is 21.1 Å². The van der Waals surface area contributed by atoms with Gasteiger partial charge in [0, 0.05) is 37.3 Å². The van der Waals surface area contributed by atoms with E-state index in [-0.39, 0.29) is 24.4 Å². The summed E-state index contributed by atoms with van der Waals surface area (Å²) in [6.45, 7) is 8.10. The second kappa shape index (κ2) is 11.8. The van der Waals surface area contributed by atoms with Crippen LogP contribution in [0.15, 0.2) is 47.8 Å². The Hall–Kier alpha value is -3.89. The Morgan fingerprint density at radius 3 is 2.88 bits per heavy atom. The Morgan fingerprint density at radius 2 is 2.07 bits per heavy atom. The SMILES string of the molecule is CCOC(=O)CC(c1cc(CN2Cc3nc(F)ccc3O[C@H](CC)C2)c2sccc2c1)c1ccc2c(nnn2C)c1C. The molecule has 42 heavy (non-hydrogen) atoms. The lowest BCUT2D eigenvalue weighted by Crippen LogP contribution is -2.32. The van der Waals surface area contributed by atoms with Gasteiger partial charge in [0.15, 0.2) is 0 Å². The third-order valence-corrected chi connectivity index (χ3v) is 9.07. The number of nitrogens with zero attached hydrogens (tertiary/aromatic N) is 5. The number of carbonyl (C=O) groups excluding carboxylic acids is 1. The van der Waals surface area contributed by atoms with Crippen LogP contribution in [0.1, 0.15) is 60.6 Å². The summed E-state index contributed by atoms with van der Waals surface area (Å²) >= 11 is 1.70. The van der Waals surface area contributed by atoms with Crippen molar-refractivity contribution < 1.29 is 18.7 Å². The zero-order chi connectivity index (χ0) is 29.4. The standard InChI is InChI=1S/C32H34FN5O3S/c1-5-23-17-38(18-26-28(41-23)9-10-29(33)34-26)16-22-14-21(13-20-11-12-42-32(20)22)25(15-30(39)40-6-2)24-7-8-27-31(19(24)3)35-36-37(27)4/h7-14,23,25H,5-6,15-18H2,1-4H3/t23-,25?/m1/s1. The predicted octanol–water partition coefficient (Wildman–Crippen LogP) is 6.28. The number of aryl methyl sites for hydroxylation is 2. The zero-order valence-electron chi connectivity index (χ0n) is 24.3. The molecule has 4 heterocycles. The monoisotopic (exact) mass is 587 g/mol. The number of aromatic nitrogens is 4. The lowest BCUT2D eigenvalue weighted by Gasteiger charge is -2.25. The molecule has 10 heteroatoms. The van der Waals surface area contributed by atoms with Crippen molar-refractivity contribution in [3.63, 3.8) is 0 Å². The van der Waals surface area contributed by atoms with Gasteiger partial charge in [-0.05, 0) is 83.6 Å². The number of pyridine rings is 1. The minimum Gasteiger partial charge on any atom is -0.487 e. The molecule has 2 atom stereocenters. The Bertz CT molecular complexity index is 1770. The highest BCUT2D eigenvalue weighted by atomic mass is 32.1. The molecule has 5 aromatic rings. The Balaban J connectivity index is 1.42. The largest absolute Gasteiger partial charge is 0.487 e. The third kappa shape index (κ3) is 5.48. The number of hydrogen-bond donors (Lipinski definition) is 0. The summed E-state index contributed by atoms with van der Waals surface area (Å²) in [5, 5.41) is 11.8. The van der Waals surface area contributed by atoms with Gasteiger partial charge in [-0.2, -0.15) is 4.39 Å². The first-order valence-electron chi connectivity index (χ1n) is 14.3. The van der Waals surface area contributed by atoms with E-state index in [0.717, 1.165) is 45.1 Å². The van der Waals surface area contributed by atoms with Gasteiger partial charge in [0.1, 0.15) is 17.4 Å². The fourth-order valence-electron chi connectivity index (χ4n) is 5.96. The highest BCUT2D eigenvalue weighted by molar-refractivity contribution is 7.17. The van der Waals surface area contributed by atoms with E-state index in [1.165, 1.54) is 10.8 Å². The van der Waals surface area contributed by atoms with Crippen LogP contribution in [0.2, 0.25) is 0 Å². The Labute approximate surface area is 248 Å². The normalized spacial score (nSPS) is 16.3. The lowest BCUT2D eigenvalue weighted by molar-refractivity contribution is -0.143. The van der Waals surface area contributed by atoms with E-state index in [0.29, 0.717) is 37.7 Å². The van der Waals surface area contributed by atoms with E-state index in [2.05, 4.69) is 56.8 Å². The Kier molecular flexibility index (Phi) is 7.92. The molecule has 8 nitrogen and oxygen atoms in total. The van der Waals surface area contributed by atoms with Gasteiger partial charge in [-0.15, -0.1) is 16.4 Å². The van der Waals surface area contributed by atoms with E-state index in [1.807, 2.05) is 27.0 Å². The summed E-state index contributed by atoms with van der Waals surface area (Å²) in [5.41, 5.74) is 6.60. The van der Waals surface area contributed by atoms with Gasteiger partial charge in [-0.25, -0.2) is 9.67 Å². The molecular formula is C32H34FN5O3S. The van der Waals surface area contributed by atoms with E-state index in [4.69, 9.17) is 9.47 Å². The number of benzene rings is 2. The average molecular weight is 588 g/mol. The maximum Gasteiger partial charge on any atom is 0.306 e. The molecule has 0 radical (unpaired) electrons. The number of fused-ring (bicyclic) bond motifs is 3. The molecule has 3 aromatic heterocycles.